The zero-order valence-electron chi connectivity index (χ0n) is 10.2. The third-order valence-electron chi connectivity index (χ3n) is 2.50. The molecular weight excluding hydrogens is 238 g/mol. The van der Waals surface area contributed by atoms with Gasteiger partial charge in [-0.3, -0.25) is 4.79 Å². The molecule has 98 valence electrons. The highest BCUT2D eigenvalue weighted by Gasteiger charge is 2.22. The highest BCUT2D eigenvalue weighted by molar-refractivity contribution is 5.87. The number of hydrogen-bond donors (Lipinski definition) is 2. The summed E-state index contributed by atoms with van der Waals surface area (Å²) >= 11 is 0. The van der Waals surface area contributed by atoms with E-state index in [1.807, 2.05) is 13.8 Å². The molecule has 0 aromatic carbocycles. The fourth-order valence-electron chi connectivity index (χ4n) is 1.65. The van der Waals surface area contributed by atoms with Crippen LogP contribution in [0.15, 0.2) is 23.1 Å². The number of carboxylic acids is 2. The molecule has 2 N–H and O–H groups in total. The van der Waals surface area contributed by atoms with E-state index in [0.717, 1.165) is 22.9 Å². The second-order valence-electron chi connectivity index (χ2n) is 4.45. The lowest BCUT2D eigenvalue weighted by Gasteiger charge is -2.17. The van der Waals surface area contributed by atoms with Gasteiger partial charge in [-0.15, -0.1) is 0 Å². The van der Waals surface area contributed by atoms with E-state index in [2.05, 4.69) is 0 Å². The Hall–Kier alpha value is -2.11. The van der Waals surface area contributed by atoms with Gasteiger partial charge < -0.3 is 14.8 Å². The molecule has 0 aliphatic carbocycles. The maximum atomic E-state index is 11.6. The first-order valence-corrected chi connectivity index (χ1v) is 5.51. The third-order valence-corrected chi connectivity index (χ3v) is 2.50. The minimum absolute atomic E-state index is 0.0754. The topological polar surface area (TPSA) is 96.6 Å². The highest BCUT2D eigenvalue weighted by atomic mass is 16.4. The van der Waals surface area contributed by atoms with E-state index < -0.39 is 23.5 Å². The molecule has 0 spiro atoms. The van der Waals surface area contributed by atoms with Gasteiger partial charge in [0.2, 0.25) is 0 Å². The highest BCUT2D eigenvalue weighted by Crippen LogP contribution is 2.16. The quantitative estimate of drug-likeness (QED) is 0.822. The van der Waals surface area contributed by atoms with E-state index in [-0.39, 0.29) is 17.9 Å². The van der Waals surface area contributed by atoms with Crippen molar-refractivity contribution in [3.05, 3.63) is 34.2 Å². The predicted molar refractivity (Wildman–Crippen MR) is 63.8 cm³/mol. The predicted octanol–water partition coefficient (Wildman–Crippen LogP) is 1.22. The molecule has 0 fully saturated rings. The summed E-state index contributed by atoms with van der Waals surface area (Å²) in [6.45, 7) is 3.67. The van der Waals surface area contributed by atoms with E-state index in [0.29, 0.717) is 0 Å². The third kappa shape index (κ3) is 3.19. The Bertz CT molecular complexity index is 517. The van der Waals surface area contributed by atoms with Crippen LogP contribution in [0.2, 0.25) is 0 Å². The number of carboxylic acid groups (broad SMARTS) is 2. The van der Waals surface area contributed by atoms with Crippen LogP contribution in [0.4, 0.5) is 0 Å². The van der Waals surface area contributed by atoms with Crippen molar-refractivity contribution < 1.29 is 19.8 Å². The summed E-state index contributed by atoms with van der Waals surface area (Å²) in [5.41, 5.74) is -0.627. The first kappa shape index (κ1) is 14.0. The van der Waals surface area contributed by atoms with Crippen LogP contribution in [0.25, 0.3) is 0 Å². The summed E-state index contributed by atoms with van der Waals surface area (Å²) in [5.74, 6) is -2.27. The lowest BCUT2D eigenvalue weighted by atomic mass is 10.0. The number of rotatable bonds is 5. The van der Waals surface area contributed by atoms with E-state index in [1.54, 1.807) is 0 Å². The van der Waals surface area contributed by atoms with Crippen LogP contribution < -0.4 is 5.56 Å². The maximum Gasteiger partial charge on any atom is 0.337 e. The number of carbonyl (C=O) groups is 2. The molecule has 0 bridgehead atoms. The molecule has 0 radical (unpaired) electrons. The molecule has 18 heavy (non-hydrogen) atoms. The number of pyridine rings is 1. The summed E-state index contributed by atoms with van der Waals surface area (Å²) in [4.78, 5) is 33.6. The van der Waals surface area contributed by atoms with Gasteiger partial charge in [-0.25, -0.2) is 9.59 Å². The molecule has 0 amide bonds. The summed E-state index contributed by atoms with van der Waals surface area (Å²) in [6.07, 6.45) is 1.34. The molecule has 0 aliphatic rings. The first-order valence-electron chi connectivity index (χ1n) is 5.51. The van der Waals surface area contributed by atoms with Crippen LogP contribution in [0, 0.1) is 5.92 Å². The fraction of sp³-hybridized carbons (Fsp3) is 0.417. The Morgan fingerprint density at radius 3 is 2.33 bits per heavy atom. The molecule has 0 saturated carbocycles. The van der Waals surface area contributed by atoms with E-state index >= 15 is 0 Å². The summed E-state index contributed by atoms with van der Waals surface area (Å²) in [6, 6.07) is 1.19. The lowest BCUT2D eigenvalue weighted by Crippen LogP contribution is -2.30. The van der Waals surface area contributed by atoms with Crippen molar-refractivity contribution in [1.29, 1.82) is 0 Å². The van der Waals surface area contributed by atoms with Gasteiger partial charge in [0.25, 0.3) is 5.56 Å². The van der Waals surface area contributed by atoms with Gasteiger partial charge in [-0.05, 0) is 18.4 Å². The molecule has 6 heteroatoms. The number of aromatic nitrogens is 1. The number of nitrogens with zero attached hydrogens (tertiary/aromatic N) is 1. The average Bonchev–Trinajstić information content (AvgIpc) is 2.26. The maximum absolute atomic E-state index is 11.6. The smallest absolute Gasteiger partial charge is 0.337 e. The van der Waals surface area contributed by atoms with E-state index in [9.17, 15) is 14.4 Å². The summed E-state index contributed by atoms with van der Waals surface area (Å²) < 4.78 is 0.964. The Kier molecular flexibility index (Phi) is 4.25. The van der Waals surface area contributed by atoms with Crippen LogP contribution in [0.3, 0.4) is 0 Å². The van der Waals surface area contributed by atoms with Gasteiger partial charge in [0, 0.05) is 12.3 Å². The van der Waals surface area contributed by atoms with Crippen molar-refractivity contribution in [2.45, 2.75) is 26.3 Å². The molecule has 1 aromatic heterocycles. The Morgan fingerprint density at radius 1 is 1.28 bits per heavy atom. The van der Waals surface area contributed by atoms with Crippen molar-refractivity contribution >= 4 is 11.9 Å². The molecule has 6 nitrogen and oxygen atoms in total. The van der Waals surface area contributed by atoms with Crippen molar-refractivity contribution in [3.63, 3.8) is 0 Å². The summed E-state index contributed by atoms with van der Waals surface area (Å²) in [5, 5.41) is 18.0. The zero-order valence-corrected chi connectivity index (χ0v) is 10.2. The molecule has 1 rings (SSSR count). The Balaban J connectivity index is 3.26. The van der Waals surface area contributed by atoms with Gasteiger partial charge in [0.1, 0.15) is 6.04 Å². The van der Waals surface area contributed by atoms with Crippen molar-refractivity contribution in [2.24, 2.45) is 5.92 Å². The minimum atomic E-state index is -1.20. The first-order chi connectivity index (χ1) is 8.32. The SMILES string of the molecule is CC(C)C[C@@H](C(=O)O)n1cc(C(=O)O)ccc1=O. The van der Waals surface area contributed by atoms with E-state index in [1.165, 1.54) is 0 Å². The number of hydrogen-bond acceptors (Lipinski definition) is 3. The minimum Gasteiger partial charge on any atom is -0.480 e. The van der Waals surface area contributed by atoms with Crippen LogP contribution in [0.1, 0.15) is 36.7 Å². The molecular formula is C12H15NO5. The molecule has 0 unspecified atom stereocenters. The van der Waals surface area contributed by atoms with Crippen LogP contribution in [-0.2, 0) is 4.79 Å². The zero-order chi connectivity index (χ0) is 13.9. The summed E-state index contributed by atoms with van der Waals surface area (Å²) in [7, 11) is 0. The Labute approximate surface area is 103 Å². The normalized spacial score (nSPS) is 12.4. The van der Waals surface area contributed by atoms with Crippen LogP contribution >= 0.6 is 0 Å². The van der Waals surface area contributed by atoms with Gasteiger partial charge in [-0.1, -0.05) is 13.8 Å². The standard InChI is InChI=1S/C12H15NO5/c1-7(2)5-9(12(17)18)13-6-8(11(15)16)3-4-10(13)14/h3-4,6-7,9H,5H2,1-2H3,(H,15,16)(H,17,18)/t9-/m0/s1. The molecule has 0 saturated heterocycles. The monoisotopic (exact) mass is 253 g/mol. The van der Waals surface area contributed by atoms with Crippen molar-refractivity contribution in [2.75, 3.05) is 0 Å². The molecule has 0 aliphatic heterocycles. The van der Waals surface area contributed by atoms with Crippen molar-refractivity contribution in [1.82, 2.24) is 4.57 Å². The number of aromatic carboxylic acids is 1. The van der Waals surface area contributed by atoms with Crippen LogP contribution in [0.5, 0.6) is 0 Å². The largest absolute Gasteiger partial charge is 0.480 e. The molecule has 1 atom stereocenters. The fourth-order valence-corrected chi connectivity index (χ4v) is 1.65. The van der Waals surface area contributed by atoms with Gasteiger partial charge in [0.05, 0.1) is 5.56 Å². The van der Waals surface area contributed by atoms with Gasteiger partial charge in [-0.2, -0.15) is 0 Å². The van der Waals surface area contributed by atoms with Gasteiger partial charge in [0.15, 0.2) is 0 Å². The number of aliphatic carboxylic acids is 1. The second kappa shape index (κ2) is 5.48. The molecule has 1 heterocycles. The molecule has 1 aromatic rings. The van der Waals surface area contributed by atoms with Crippen molar-refractivity contribution in [3.8, 4) is 0 Å². The average molecular weight is 253 g/mol. The van der Waals surface area contributed by atoms with Gasteiger partial charge >= 0.3 is 11.9 Å². The van der Waals surface area contributed by atoms with Crippen LogP contribution in [-0.4, -0.2) is 26.7 Å². The Morgan fingerprint density at radius 2 is 1.89 bits per heavy atom. The lowest BCUT2D eigenvalue weighted by molar-refractivity contribution is -0.141. The second-order valence-corrected chi connectivity index (χ2v) is 4.45. The van der Waals surface area contributed by atoms with E-state index in [4.69, 9.17) is 10.2 Å².